The Bertz CT molecular complexity index is 567. The molecule has 1 aromatic heterocycles. The highest BCUT2D eigenvalue weighted by atomic mass is 16.4. The van der Waals surface area contributed by atoms with E-state index in [0.717, 1.165) is 0 Å². The van der Waals surface area contributed by atoms with Gasteiger partial charge in [0.25, 0.3) is 0 Å². The van der Waals surface area contributed by atoms with E-state index < -0.39 is 5.97 Å². The van der Waals surface area contributed by atoms with Crippen LogP contribution in [0.3, 0.4) is 0 Å². The molecule has 1 amide bonds. The number of aryl methyl sites for hydroxylation is 1. The van der Waals surface area contributed by atoms with Crippen molar-refractivity contribution in [2.45, 2.75) is 13.0 Å². The fourth-order valence-electron chi connectivity index (χ4n) is 1.85. The molecule has 1 N–H and O–H groups in total. The summed E-state index contributed by atoms with van der Waals surface area (Å²) in [6.45, 7) is 0.133. The van der Waals surface area contributed by atoms with Gasteiger partial charge in [-0.15, -0.1) is 0 Å². The Kier molecular flexibility index (Phi) is 4.49. The first kappa shape index (κ1) is 13.8. The number of carbonyl (C=O) groups excluding carboxylic acids is 1. The first-order chi connectivity index (χ1) is 9.66. The van der Waals surface area contributed by atoms with Gasteiger partial charge in [0.15, 0.2) is 0 Å². The second-order valence-corrected chi connectivity index (χ2v) is 4.26. The van der Waals surface area contributed by atoms with E-state index >= 15 is 0 Å². The number of imidazole rings is 1. The Balaban J connectivity index is 2.06. The van der Waals surface area contributed by atoms with Gasteiger partial charge in [0.05, 0.1) is 6.33 Å². The highest BCUT2D eigenvalue weighted by Crippen LogP contribution is 2.14. The van der Waals surface area contributed by atoms with Crippen LogP contribution in [0.1, 0.15) is 6.42 Å². The Morgan fingerprint density at radius 3 is 2.60 bits per heavy atom. The summed E-state index contributed by atoms with van der Waals surface area (Å²) in [4.78, 5) is 28.3. The fourth-order valence-corrected chi connectivity index (χ4v) is 1.85. The zero-order chi connectivity index (χ0) is 14.4. The van der Waals surface area contributed by atoms with E-state index in [1.165, 1.54) is 4.90 Å². The Morgan fingerprint density at radius 1 is 1.25 bits per heavy atom. The Morgan fingerprint density at radius 2 is 2.00 bits per heavy atom. The van der Waals surface area contributed by atoms with Crippen molar-refractivity contribution < 1.29 is 14.7 Å². The number of para-hydroxylation sites is 1. The predicted molar refractivity (Wildman–Crippen MR) is 73.3 cm³/mol. The molecule has 20 heavy (non-hydrogen) atoms. The van der Waals surface area contributed by atoms with Crippen LogP contribution in [0.25, 0.3) is 0 Å². The number of nitrogens with zero attached hydrogens (tertiary/aromatic N) is 3. The summed E-state index contributed by atoms with van der Waals surface area (Å²) in [5.74, 6) is -1.27. The third-order valence-corrected chi connectivity index (χ3v) is 2.81. The number of anilines is 1. The van der Waals surface area contributed by atoms with Gasteiger partial charge >= 0.3 is 5.97 Å². The van der Waals surface area contributed by atoms with Crippen molar-refractivity contribution in [2.24, 2.45) is 0 Å². The molecule has 0 atom stereocenters. The number of rotatable bonds is 6. The quantitative estimate of drug-likeness (QED) is 0.863. The van der Waals surface area contributed by atoms with Gasteiger partial charge in [-0.05, 0) is 12.1 Å². The largest absolute Gasteiger partial charge is 0.480 e. The monoisotopic (exact) mass is 273 g/mol. The minimum Gasteiger partial charge on any atom is -0.480 e. The van der Waals surface area contributed by atoms with Gasteiger partial charge in [-0.2, -0.15) is 0 Å². The summed E-state index contributed by atoms with van der Waals surface area (Å²) in [5.41, 5.74) is 0.588. The molecular formula is C14H15N3O3. The lowest BCUT2D eigenvalue weighted by Gasteiger charge is -2.20. The van der Waals surface area contributed by atoms with Crippen molar-refractivity contribution in [1.82, 2.24) is 9.55 Å². The molecule has 1 aromatic carbocycles. The van der Waals surface area contributed by atoms with E-state index in [2.05, 4.69) is 4.98 Å². The van der Waals surface area contributed by atoms with Crippen molar-refractivity contribution in [3.8, 4) is 0 Å². The summed E-state index contributed by atoms with van der Waals surface area (Å²) >= 11 is 0. The molecule has 0 fully saturated rings. The van der Waals surface area contributed by atoms with Gasteiger partial charge in [0.1, 0.15) is 6.54 Å². The van der Waals surface area contributed by atoms with Gasteiger partial charge in [-0.3, -0.25) is 9.59 Å². The Labute approximate surface area is 116 Å². The van der Waals surface area contributed by atoms with Crippen LogP contribution >= 0.6 is 0 Å². The molecule has 0 bridgehead atoms. The molecule has 0 spiro atoms. The second kappa shape index (κ2) is 6.51. The van der Waals surface area contributed by atoms with E-state index in [4.69, 9.17) is 5.11 Å². The van der Waals surface area contributed by atoms with E-state index in [1.807, 2.05) is 6.07 Å². The molecular weight excluding hydrogens is 258 g/mol. The molecule has 2 rings (SSSR count). The summed E-state index contributed by atoms with van der Waals surface area (Å²) in [5, 5.41) is 8.94. The maximum atomic E-state index is 12.2. The third-order valence-electron chi connectivity index (χ3n) is 2.81. The molecule has 0 saturated carbocycles. The number of benzene rings is 1. The maximum absolute atomic E-state index is 12.2. The van der Waals surface area contributed by atoms with Crippen molar-refractivity contribution in [3.63, 3.8) is 0 Å². The maximum Gasteiger partial charge on any atom is 0.323 e. The van der Waals surface area contributed by atoms with Crippen LogP contribution in [0, 0.1) is 0 Å². The van der Waals surface area contributed by atoms with Gasteiger partial charge < -0.3 is 14.6 Å². The first-order valence-corrected chi connectivity index (χ1v) is 6.20. The van der Waals surface area contributed by atoms with Crippen LogP contribution in [-0.4, -0.2) is 33.1 Å². The standard InChI is InChI=1S/C14H15N3O3/c18-13(6-8-16-9-7-15-11-16)17(10-14(19)20)12-4-2-1-3-5-12/h1-5,7,9,11H,6,8,10H2,(H,19,20). The number of carbonyl (C=O) groups is 2. The molecule has 0 aliphatic rings. The van der Waals surface area contributed by atoms with Crippen LogP contribution in [0.15, 0.2) is 49.1 Å². The number of hydrogen-bond donors (Lipinski definition) is 1. The Hall–Kier alpha value is -2.63. The lowest BCUT2D eigenvalue weighted by molar-refractivity contribution is -0.136. The first-order valence-electron chi connectivity index (χ1n) is 6.20. The number of amides is 1. The smallest absolute Gasteiger partial charge is 0.323 e. The molecule has 0 aliphatic carbocycles. The fraction of sp³-hybridized carbons (Fsp3) is 0.214. The molecule has 0 saturated heterocycles. The number of hydrogen-bond acceptors (Lipinski definition) is 3. The number of carboxylic acids is 1. The lowest BCUT2D eigenvalue weighted by atomic mass is 10.2. The SMILES string of the molecule is O=C(O)CN(C(=O)CCn1ccnc1)c1ccccc1. The van der Waals surface area contributed by atoms with E-state index in [1.54, 1.807) is 47.6 Å². The van der Waals surface area contributed by atoms with Crippen molar-refractivity contribution in [1.29, 1.82) is 0 Å². The highest BCUT2D eigenvalue weighted by molar-refractivity contribution is 5.97. The molecule has 0 aliphatic heterocycles. The zero-order valence-corrected chi connectivity index (χ0v) is 10.8. The second-order valence-electron chi connectivity index (χ2n) is 4.26. The van der Waals surface area contributed by atoms with Gasteiger partial charge in [-0.1, -0.05) is 18.2 Å². The lowest BCUT2D eigenvalue weighted by Crippen LogP contribution is -2.36. The van der Waals surface area contributed by atoms with Crippen LogP contribution < -0.4 is 4.90 Å². The van der Waals surface area contributed by atoms with E-state index in [9.17, 15) is 9.59 Å². The molecule has 2 aromatic rings. The topological polar surface area (TPSA) is 75.4 Å². The number of carboxylic acid groups (broad SMARTS) is 1. The van der Waals surface area contributed by atoms with Crippen molar-refractivity contribution in [2.75, 3.05) is 11.4 Å². The average molecular weight is 273 g/mol. The van der Waals surface area contributed by atoms with Crippen LogP contribution in [-0.2, 0) is 16.1 Å². The van der Waals surface area contributed by atoms with Gasteiger partial charge in [0.2, 0.25) is 5.91 Å². The van der Waals surface area contributed by atoms with Crippen LogP contribution in [0.4, 0.5) is 5.69 Å². The predicted octanol–water partition coefficient (Wildman–Crippen LogP) is 1.39. The highest BCUT2D eigenvalue weighted by Gasteiger charge is 2.18. The van der Waals surface area contributed by atoms with Gasteiger partial charge in [0, 0.05) is 31.0 Å². The van der Waals surface area contributed by atoms with E-state index in [0.29, 0.717) is 12.2 Å². The van der Waals surface area contributed by atoms with Crippen LogP contribution in [0.2, 0.25) is 0 Å². The molecule has 6 nitrogen and oxygen atoms in total. The molecule has 0 radical (unpaired) electrons. The number of aliphatic carboxylic acids is 1. The molecule has 104 valence electrons. The third kappa shape index (κ3) is 3.68. The van der Waals surface area contributed by atoms with Crippen molar-refractivity contribution >= 4 is 17.6 Å². The van der Waals surface area contributed by atoms with E-state index in [-0.39, 0.29) is 18.9 Å². The van der Waals surface area contributed by atoms with Crippen molar-refractivity contribution in [3.05, 3.63) is 49.1 Å². The minimum absolute atomic E-state index is 0.221. The molecule has 1 heterocycles. The molecule has 0 unspecified atom stereocenters. The summed E-state index contributed by atoms with van der Waals surface area (Å²) in [6.07, 6.45) is 5.24. The average Bonchev–Trinajstić information content (AvgIpc) is 2.96. The summed E-state index contributed by atoms with van der Waals surface area (Å²) < 4.78 is 1.78. The molecule has 6 heteroatoms. The number of aromatic nitrogens is 2. The van der Waals surface area contributed by atoms with Crippen LogP contribution in [0.5, 0.6) is 0 Å². The zero-order valence-electron chi connectivity index (χ0n) is 10.8. The summed E-state index contributed by atoms with van der Waals surface area (Å²) in [6, 6.07) is 8.80. The summed E-state index contributed by atoms with van der Waals surface area (Å²) in [7, 11) is 0. The van der Waals surface area contributed by atoms with Gasteiger partial charge in [-0.25, -0.2) is 4.98 Å². The minimum atomic E-state index is -1.04. The normalized spacial score (nSPS) is 10.2.